The summed E-state index contributed by atoms with van der Waals surface area (Å²) in [6.45, 7) is 2.67. The molecule has 0 bridgehead atoms. The van der Waals surface area contributed by atoms with Crippen molar-refractivity contribution < 1.29 is 17.9 Å². The maximum absolute atomic E-state index is 12.2. The third-order valence-corrected chi connectivity index (χ3v) is 4.23. The smallest absolute Gasteiger partial charge is 0.240 e. The Balaban J connectivity index is 1.83. The monoisotopic (exact) mass is 327 g/mol. The van der Waals surface area contributed by atoms with Crippen molar-refractivity contribution in [1.82, 2.24) is 14.6 Å². The molecule has 7 nitrogen and oxygen atoms in total. The van der Waals surface area contributed by atoms with E-state index in [4.69, 9.17) is 4.74 Å². The molecule has 1 aliphatic heterocycles. The second-order valence-electron chi connectivity index (χ2n) is 5.44. The van der Waals surface area contributed by atoms with E-state index in [1.807, 2.05) is 12.1 Å². The first-order chi connectivity index (χ1) is 10.3. The van der Waals surface area contributed by atoms with E-state index in [-0.39, 0.29) is 12.0 Å². The standard InChI is InChI=1S/C14H21N3O4S/c1-11(16-22(2,19)20)14(18)17-8-5-12(6-9-17)21-13-4-3-7-15-10-13/h3-4,7,10-12,16H,5-6,8-9H2,1-2H3/t11-/m1/s1. The molecule has 1 aromatic heterocycles. The van der Waals surface area contributed by atoms with Gasteiger partial charge in [-0.25, -0.2) is 13.1 Å². The summed E-state index contributed by atoms with van der Waals surface area (Å²) in [5.41, 5.74) is 0. The highest BCUT2D eigenvalue weighted by Crippen LogP contribution is 2.18. The molecule has 1 N–H and O–H groups in total. The summed E-state index contributed by atoms with van der Waals surface area (Å²) < 4.78 is 30.5. The average molecular weight is 327 g/mol. The van der Waals surface area contributed by atoms with Crippen LogP contribution in [0.1, 0.15) is 19.8 Å². The van der Waals surface area contributed by atoms with Gasteiger partial charge in [0.15, 0.2) is 0 Å². The zero-order valence-corrected chi connectivity index (χ0v) is 13.5. The number of nitrogens with zero attached hydrogens (tertiary/aromatic N) is 2. The van der Waals surface area contributed by atoms with Crippen molar-refractivity contribution in [2.45, 2.75) is 31.9 Å². The van der Waals surface area contributed by atoms with Crippen LogP contribution in [0, 0.1) is 0 Å². The Hall–Kier alpha value is -1.67. The van der Waals surface area contributed by atoms with Gasteiger partial charge in [0.1, 0.15) is 11.9 Å². The van der Waals surface area contributed by atoms with Gasteiger partial charge >= 0.3 is 0 Å². The van der Waals surface area contributed by atoms with Crippen LogP contribution < -0.4 is 9.46 Å². The Bertz CT molecular complexity index is 598. The van der Waals surface area contributed by atoms with E-state index in [0.29, 0.717) is 25.9 Å². The number of hydrogen-bond acceptors (Lipinski definition) is 5. The maximum atomic E-state index is 12.2. The van der Waals surface area contributed by atoms with Gasteiger partial charge in [-0.2, -0.15) is 0 Å². The Kier molecular flexibility index (Phi) is 5.36. The van der Waals surface area contributed by atoms with Gasteiger partial charge < -0.3 is 9.64 Å². The first kappa shape index (κ1) is 16.7. The van der Waals surface area contributed by atoms with Crippen LogP contribution in [-0.4, -0.2) is 55.7 Å². The van der Waals surface area contributed by atoms with Crippen molar-refractivity contribution in [2.75, 3.05) is 19.3 Å². The van der Waals surface area contributed by atoms with E-state index in [9.17, 15) is 13.2 Å². The van der Waals surface area contributed by atoms with Crippen molar-refractivity contribution in [1.29, 1.82) is 0 Å². The molecular formula is C14H21N3O4S. The second-order valence-corrected chi connectivity index (χ2v) is 7.22. The molecule has 0 saturated carbocycles. The number of amides is 1. The highest BCUT2D eigenvalue weighted by molar-refractivity contribution is 7.88. The third kappa shape index (κ3) is 4.96. The number of ether oxygens (including phenoxy) is 1. The van der Waals surface area contributed by atoms with Gasteiger partial charge in [-0.05, 0) is 19.1 Å². The minimum atomic E-state index is -3.39. The van der Waals surface area contributed by atoms with Crippen LogP contribution in [0.2, 0.25) is 0 Å². The highest BCUT2D eigenvalue weighted by atomic mass is 32.2. The molecule has 2 heterocycles. The first-order valence-electron chi connectivity index (χ1n) is 7.18. The minimum Gasteiger partial charge on any atom is -0.489 e. The molecule has 1 amide bonds. The van der Waals surface area contributed by atoms with E-state index in [1.54, 1.807) is 24.2 Å². The van der Waals surface area contributed by atoms with Crippen LogP contribution in [0.15, 0.2) is 24.5 Å². The predicted octanol–water partition coefficient (Wildman–Crippen LogP) is 0.389. The lowest BCUT2D eigenvalue weighted by Gasteiger charge is -2.33. The molecule has 8 heteroatoms. The van der Waals surface area contributed by atoms with Gasteiger partial charge in [-0.1, -0.05) is 0 Å². The summed E-state index contributed by atoms with van der Waals surface area (Å²) in [5, 5.41) is 0. The predicted molar refractivity (Wildman–Crippen MR) is 81.9 cm³/mol. The van der Waals surface area contributed by atoms with Crippen molar-refractivity contribution in [2.24, 2.45) is 0 Å². The van der Waals surface area contributed by atoms with Crippen LogP contribution in [0.4, 0.5) is 0 Å². The number of aromatic nitrogens is 1. The molecule has 0 unspecified atom stereocenters. The second kappa shape index (κ2) is 7.06. The number of rotatable bonds is 5. The average Bonchev–Trinajstić information content (AvgIpc) is 2.46. The summed E-state index contributed by atoms with van der Waals surface area (Å²) in [7, 11) is -3.39. The van der Waals surface area contributed by atoms with Gasteiger partial charge in [0.05, 0.1) is 18.5 Å². The quantitative estimate of drug-likeness (QED) is 0.845. The molecular weight excluding hydrogens is 306 g/mol. The van der Waals surface area contributed by atoms with Gasteiger partial charge in [0.2, 0.25) is 15.9 Å². The van der Waals surface area contributed by atoms with E-state index >= 15 is 0 Å². The third-order valence-electron chi connectivity index (χ3n) is 3.45. The fraction of sp³-hybridized carbons (Fsp3) is 0.571. The Morgan fingerprint density at radius 2 is 2.14 bits per heavy atom. The van der Waals surface area contributed by atoms with Crippen LogP contribution in [0.3, 0.4) is 0 Å². The van der Waals surface area contributed by atoms with Gasteiger partial charge in [0, 0.05) is 32.1 Å². The minimum absolute atomic E-state index is 0.0476. The maximum Gasteiger partial charge on any atom is 0.240 e. The number of pyridine rings is 1. The van der Waals surface area contributed by atoms with E-state index in [0.717, 1.165) is 12.0 Å². The molecule has 0 aromatic carbocycles. The summed E-state index contributed by atoms with van der Waals surface area (Å²) in [5.74, 6) is 0.518. The Morgan fingerprint density at radius 3 is 2.68 bits per heavy atom. The van der Waals surface area contributed by atoms with E-state index in [1.165, 1.54) is 0 Å². The van der Waals surface area contributed by atoms with Crippen molar-refractivity contribution in [3.8, 4) is 5.75 Å². The lowest BCUT2D eigenvalue weighted by molar-refractivity contribution is -0.134. The fourth-order valence-electron chi connectivity index (χ4n) is 2.45. The molecule has 1 atom stereocenters. The SMILES string of the molecule is C[C@@H](NS(C)(=O)=O)C(=O)N1CCC(Oc2cccnc2)CC1. The lowest BCUT2D eigenvalue weighted by Crippen LogP contribution is -2.50. The molecule has 2 rings (SSSR count). The van der Waals surface area contributed by atoms with Crippen LogP contribution in [-0.2, 0) is 14.8 Å². The van der Waals surface area contributed by atoms with E-state index in [2.05, 4.69) is 9.71 Å². The summed E-state index contributed by atoms with van der Waals surface area (Å²) in [6, 6.07) is 2.92. The van der Waals surface area contributed by atoms with Crippen LogP contribution in [0.25, 0.3) is 0 Å². The first-order valence-corrected chi connectivity index (χ1v) is 9.07. The topological polar surface area (TPSA) is 88.6 Å². The molecule has 1 aliphatic rings. The largest absolute Gasteiger partial charge is 0.489 e. The van der Waals surface area contributed by atoms with Crippen molar-refractivity contribution >= 4 is 15.9 Å². The zero-order chi connectivity index (χ0) is 16.2. The Labute approximate surface area is 130 Å². The molecule has 0 spiro atoms. The number of hydrogen-bond donors (Lipinski definition) is 1. The normalized spacial score (nSPS) is 18.0. The molecule has 122 valence electrons. The van der Waals surface area contributed by atoms with Crippen LogP contribution in [0.5, 0.6) is 5.75 Å². The molecule has 1 saturated heterocycles. The number of sulfonamides is 1. The molecule has 22 heavy (non-hydrogen) atoms. The summed E-state index contributed by atoms with van der Waals surface area (Å²) in [4.78, 5) is 17.9. The fourth-order valence-corrected chi connectivity index (χ4v) is 3.19. The molecule has 1 fully saturated rings. The number of carbonyl (C=O) groups is 1. The Morgan fingerprint density at radius 1 is 1.45 bits per heavy atom. The number of piperidine rings is 1. The van der Waals surface area contributed by atoms with Gasteiger partial charge in [-0.15, -0.1) is 0 Å². The molecule has 1 aromatic rings. The van der Waals surface area contributed by atoms with Crippen molar-refractivity contribution in [3.63, 3.8) is 0 Å². The number of carbonyl (C=O) groups excluding carboxylic acids is 1. The molecule has 0 radical (unpaired) electrons. The lowest BCUT2D eigenvalue weighted by atomic mass is 10.1. The zero-order valence-electron chi connectivity index (χ0n) is 12.7. The van der Waals surface area contributed by atoms with Gasteiger partial charge in [-0.3, -0.25) is 9.78 Å². The summed E-state index contributed by atoms with van der Waals surface area (Å²) >= 11 is 0. The van der Waals surface area contributed by atoms with Crippen LogP contribution >= 0.6 is 0 Å². The number of likely N-dealkylation sites (tertiary alicyclic amines) is 1. The molecule has 0 aliphatic carbocycles. The van der Waals surface area contributed by atoms with Crippen molar-refractivity contribution in [3.05, 3.63) is 24.5 Å². The van der Waals surface area contributed by atoms with E-state index < -0.39 is 16.1 Å². The van der Waals surface area contributed by atoms with Gasteiger partial charge in [0.25, 0.3) is 0 Å². The number of nitrogens with one attached hydrogen (secondary N) is 1. The highest BCUT2D eigenvalue weighted by Gasteiger charge is 2.28. The summed E-state index contributed by atoms with van der Waals surface area (Å²) in [6.07, 6.45) is 5.87.